The van der Waals surface area contributed by atoms with Gasteiger partial charge in [0.1, 0.15) is 4.60 Å². The van der Waals surface area contributed by atoms with Gasteiger partial charge in [0.2, 0.25) is 5.88 Å². The zero-order valence-electron chi connectivity index (χ0n) is 11.0. The van der Waals surface area contributed by atoms with Gasteiger partial charge in [-0.1, -0.05) is 6.92 Å². The average Bonchev–Trinajstić information content (AvgIpc) is 2.32. The number of carbonyl (C=O) groups excluding carboxylic acids is 1. The Labute approximate surface area is 123 Å². The highest BCUT2D eigenvalue weighted by Gasteiger charge is 2.51. The Balaban J connectivity index is 2.39. The molecule has 0 atom stereocenters. The first-order chi connectivity index (χ1) is 9.37. The molecule has 0 unspecified atom stereocenters. The molecule has 0 amide bonds. The van der Waals surface area contributed by atoms with Gasteiger partial charge in [0.25, 0.3) is 0 Å². The van der Waals surface area contributed by atoms with E-state index in [0.29, 0.717) is 28.9 Å². The predicted octanol–water partition coefficient (Wildman–Crippen LogP) is 3.29. The summed E-state index contributed by atoms with van der Waals surface area (Å²) in [7, 11) is 1.32. The molecule has 1 fully saturated rings. The molecule has 1 aliphatic carbocycles. The van der Waals surface area contributed by atoms with Crippen LogP contribution < -0.4 is 4.74 Å². The largest absolute Gasteiger partial charge is 0.468 e. The molecule has 0 saturated heterocycles. The maximum absolute atomic E-state index is 12.3. The Kier molecular flexibility index (Phi) is 4.27. The van der Waals surface area contributed by atoms with E-state index in [0.717, 1.165) is 0 Å². The first-order valence-corrected chi connectivity index (χ1v) is 6.88. The fourth-order valence-electron chi connectivity index (χ4n) is 2.75. The average molecular weight is 350 g/mol. The Hall–Kier alpha value is -1.24. The van der Waals surface area contributed by atoms with Gasteiger partial charge in [-0.2, -0.15) is 8.78 Å². The van der Waals surface area contributed by atoms with E-state index in [1.807, 2.05) is 6.92 Å². The van der Waals surface area contributed by atoms with Crippen molar-refractivity contribution >= 4 is 21.9 Å². The normalized spacial score (nSPS) is 25.2. The van der Waals surface area contributed by atoms with E-state index in [1.54, 1.807) is 6.07 Å². The Morgan fingerprint density at radius 1 is 1.50 bits per heavy atom. The van der Waals surface area contributed by atoms with Gasteiger partial charge in [-0.3, -0.25) is 4.79 Å². The van der Waals surface area contributed by atoms with Gasteiger partial charge in [-0.25, -0.2) is 4.98 Å². The van der Waals surface area contributed by atoms with Crippen LogP contribution in [0.15, 0.2) is 16.7 Å². The van der Waals surface area contributed by atoms with E-state index in [1.165, 1.54) is 13.2 Å². The van der Waals surface area contributed by atoms with Crippen LogP contribution >= 0.6 is 15.9 Å². The SMILES string of the molecule is COC(=O)C1(c2cc(Br)nc(OC(F)F)c2)CC(C)C1. The van der Waals surface area contributed by atoms with Gasteiger partial charge < -0.3 is 9.47 Å². The molecule has 1 heterocycles. The van der Waals surface area contributed by atoms with E-state index < -0.39 is 12.0 Å². The highest BCUT2D eigenvalue weighted by molar-refractivity contribution is 9.10. The second-order valence-corrected chi connectivity index (χ2v) is 5.79. The lowest BCUT2D eigenvalue weighted by Crippen LogP contribution is -2.47. The van der Waals surface area contributed by atoms with Crippen LogP contribution in [0, 0.1) is 5.92 Å². The molecule has 7 heteroatoms. The quantitative estimate of drug-likeness (QED) is 0.618. The van der Waals surface area contributed by atoms with Crippen LogP contribution in [0.5, 0.6) is 5.88 Å². The number of alkyl halides is 2. The summed E-state index contributed by atoms with van der Waals surface area (Å²) in [5, 5.41) is 0. The maximum atomic E-state index is 12.3. The topological polar surface area (TPSA) is 48.4 Å². The number of pyridine rings is 1. The van der Waals surface area contributed by atoms with Crippen molar-refractivity contribution in [3.63, 3.8) is 0 Å². The van der Waals surface area contributed by atoms with Gasteiger partial charge in [0.15, 0.2) is 0 Å². The summed E-state index contributed by atoms with van der Waals surface area (Å²) in [6.07, 6.45) is 1.23. The number of methoxy groups -OCH3 is 1. The first-order valence-electron chi connectivity index (χ1n) is 6.08. The van der Waals surface area contributed by atoms with Crippen molar-refractivity contribution in [3.05, 3.63) is 22.3 Å². The summed E-state index contributed by atoms with van der Waals surface area (Å²) in [5.74, 6) is -0.204. The van der Waals surface area contributed by atoms with Crippen LogP contribution in [-0.2, 0) is 14.9 Å². The van der Waals surface area contributed by atoms with E-state index in [-0.39, 0.29) is 11.8 Å². The molecule has 1 aromatic heterocycles. The van der Waals surface area contributed by atoms with Crippen LogP contribution in [0.25, 0.3) is 0 Å². The molecule has 1 saturated carbocycles. The lowest BCUT2D eigenvalue weighted by Gasteiger charge is -2.44. The monoisotopic (exact) mass is 349 g/mol. The fourth-order valence-corrected chi connectivity index (χ4v) is 3.17. The zero-order valence-corrected chi connectivity index (χ0v) is 12.6. The fraction of sp³-hybridized carbons (Fsp3) is 0.538. The Morgan fingerprint density at radius 3 is 2.65 bits per heavy atom. The highest BCUT2D eigenvalue weighted by Crippen LogP contribution is 2.49. The smallest absolute Gasteiger partial charge is 0.388 e. The van der Waals surface area contributed by atoms with E-state index in [9.17, 15) is 13.6 Å². The molecule has 0 aromatic carbocycles. The van der Waals surface area contributed by atoms with Gasteiger partial charge in [-0.15, -0.1) is 0 Å². The second-order valence-electron chi connectivity index (χ2n) is 4.98. The molecule has 1 aromatic rings. The van der Waals surface area contributed by atoms with Gasteiger partial charge in [-0.05, 0) is 46.3 Å². The molecule has 2 rings (SSSR count). The van der Waals surface area contributed by atoms with E-state index in [4.69, 9.17) is 4.74 Å². The molecule has 20 heavy (non-hydrogen) atoms. The lowest BCUT2D eigenvalue weighted by molar-refractivity contribution is -0.153. The summed E-state index contributed by atoms with van der Waals surface area (Å²) < 4.78 is 34.1. The molecule has 0 radical (unpaired) electrons. The van der Waals surface area contributed by atoms with E-state index >= 15 is 0 Å². The molecular weight excluding hydrogens is 336 g/mol. The van der Waals surface area contributed by atoms with Crippen molar-refractivity contribution in [2.75, 3.05) is 7.11 Å². The molecule has 1 aliphatic rings. The third-order valence-corrected chi connectivity index (χ3v) is 3.91. The second kappa shape index (κ2) is 5.63. The minimum atomic E-state index is -2.96. The number of esters is 1. The highest BCUT2D eigenvalue weighted by atomic mass is 79.9. The van der Waals surface area contributed by atoms with Crippen LogP contribution in [-0.4, -0.2) is 24.7 Å². The first kappa shape index (κ1) is 15.2. The van der Waals surface area contributed by atoms with Crippen molar-refractivity contribution in [3.8, 4) is 5.88 Å². The summed E-state index contributed by atoms with van der Waals surface area (Å²) in [5.41, 5.74) is -0.208. The number of rotatable bonds is 4. The van der Waals surface area contributed by atoms with Crippen molar-refractivity contribution in [2.45, 2.75) is 31.8 Å². The third kappa shape index (κ3) is 2.77. The minimum absolute atomic E-state index is 0.216. The molecule has 4 nitrogen and oxygen atoms in total. The molecule has 0 bridgehead atoms. The van der Waals surface area contributed by atoms with Gasteiger partial charge >= 0.3 is 12.6 Å². The summed E-state index contributed by atoms with van der Waals surface area (Å²) in [6, 6.07) is 3.01. The number of hydrogen-bond acceptors (Lipinski definition) is 4. The van der Waals surface area contributed by atoms with Gasteiger partial charge in [0, 0.05) is 6.07 Å². The molecule has 110 valence electrons. The summed E-state index contributed by atoms with van der Waals surface area (Å²) >= 11 is 3.15. The summed E-state index contributed by atoms with van der Waals surface area (Å²) in [6.45, 7) is -0.937. The maximum Gasteiger partial charge on any atom is 0.388 e. The summed E-state index contributed by atoms with van der Waals surface area (Å²) in [4.78, 5) is 15.9. The Bertz CT molecular complexity index is 518. The number of carbonyl (C=O) groups is 1. The zero-order chi connectivity index (χ0) is 14.9. The number of hydrogen-bond donors (Lipinski definition) is 0. The standard InChI is InChI=1S/C13H14BrF2NO3/c1-7-5-13(6-7,11(18)19-2)8-3-9(14)17-10(4-8)20-12(15)16/h3-4,7,12H,5-6H2,1-2H3. The number of halogens is 3. The van der Waals surface area contributed by atoms with Crippen molar-refractivity contribution in [1.82, 2.24) is 4.98 Å². The minimum Gasteiger partial charge on any atom is -0.468 e. The van der Waals surface area contributed by atoms with Gasteiger partial charge in [0.05, 0.1) is 12.5 Å². The van der Waals surface area contributed by atoms with Crippen LogP contribution in [0.2, 0.25) is 0 Å². The molecule has 0 N–H and O–H groups in total. The number of nitrogens with zero attached hydrogens (tertiary/aromatic N) is 1. The number of aromatic nitrogens is 1. The van der Waals surface area contributed by atoms with Crippen LogP contribution in [0.1, 0.15) is 25.3 Å². The predicted molar refractivity (Wildman–Crippen MR) is 70.7 cm³/mol. The van der Waals surface area contributed by atoms with Crippen LogP contribution in [0.4, 0.5) is 8.78 Å². The van der Waals surface area contributed by atoms with Crippen molar-refractivity contribution in [1.29, 1.82) is 0 Å². The van der Waals surface area contributed by atoms with Crippen LogP contribution in [0.3, 0.4) is 0 Å². The molecular formula is C13H14BrF2NO3. The van der Waals surface area contributed by atoms with Crippen molar-refractivity contribution in [2.24, 2.45) is 5.92 Å². The van der Waals surface area contributed by atoms with E-state index in [2.05, 4.69) is 25.7 Å². The van der Waals surface area contributed by atoms with Crippen molar-refractivity contribution < 1.29 is 23.0 Å². The third-order valence-electron chi connectivity index (χ3n) is 3.50. The molecule has 0 aliphatic heterocycles. The Morgan fingerprint density at radius 2 is 2.15 bits per heavy atom. The number of ether oxygens (including phenoxy) is 2. The molecule has 0 spiro atoms. The lowest BCUT2D eigenvalue weighted by atomic mass is 9.59.